The van der Waals surface area contributed by atoms with E-state index >= 15 is 0 Å². The van der Waals surface area contributed by atoms with Crippen LogP contribution in [0.4, 0.5) is 5.69 Å². The summed E-state index contributed by atoms with van der Waals surface area (Å²) in [6.45, 7) is 5.64. The van der Waals surface area contributed by atoms with E-state index in [9.17, 15) is 0 Å². The van der Waals surface area contributed by atoms with Gasteiger partial charge in [0.15, 0.2) is 0 Å². The lowest BCUT2D eigenvalue weighted by molar-refractivity contribution is 0.313. The molecule has 1 fully saturated rings. The summed E-state index contributed by atoms with van der Waals surface area (Å²) in [6.07, 6.45) is 3.98. The number of halogens is 1. The topological polar surface area (TPSA) is 29.3 Å². The molecular weight excluding hydrogens is 232 g/mol. The zero-order valence-electron chi connectivity index (χ0n) is 10.5. The summed E-state index contributed by atoms with van der Waals surface area (Å²) >= 11 is 5.90. The summed E-state index contributed by atoms with van der Waals surface area (Å²) in [5.41, 5.74) is 8.00. The molecule has 0 radical (unpaired) electrons. The number of likely N-dealkylation sites (tertiary alicyclic amines) is 1. The molecule has 1 heterocycles. The number of nitrogens with zero attached hydrogens (tertiary/aromatic N) is 1. The molecule has 0 aromatic heterocycles. The third-order valence-electron chi connectivity index (χ3n) is 3.57. The van der Waals surface area contributed by atoms with Gasteiger partial charge >= 0.3 is 0 Å². The largest absolute Gasteiger partial charge is 0.398 e. The summed E-state index contributed by atoms with van der Waals surface area (Å²) in [5, 5.41) is 0.719. The highest BCUT2D eigenvalue weighted by molar-refractivity contribution is 6.30. The van der Waals surface area contributed by atoms with E-state index in [1.54, 1.807) is 0 Å². The van der Waals surface area contributed by atoms with Crippen LogP contribution >= 0.6 is 11.6 Å². The third-order valence-corrected chi connectivity index (χ3v) is 3.80. The van der Waals surface area contributed by atoms with Gasteiger partial charge in [0.2, 0.25) is 0 Å². The molecule has 3 heteroatoms. The normalized spacial score (nSPS) is 20.9. The van der Waals surface area contributed by atoms with Gasteiger partial charge in [0.05, 0.1) is 0 Å². The first kappa shape index (κ1) is 12.7. The molecule has 2 N–H and O–H groups in total. The molecule has 17 heavy (non-hydrogen) atoms. The second-order valence-corrected chi connectivity index (χ2v) is 5.46. The van der Waals surface area contributed by atoms with Gasteiger partial charge in [-0.1, -0.05) is 31.0 Å². The third kappa shape index (κ3) is 3.36. The van der Waals surface area contributed by atoms with Crippen LogP contribution in [0.25, 0.3) is 0 Å². The Hall–Kier alpha value is -0.730. The Balaban J connectivity index is 1.93. The van der Waals surface area contributed by atoms with Crippen molar-refractivity contribution in [3.8, 4) is 0 Å². The van der Waals surface area contributed by atoms with Gasteiger partial charge in [0.25, 0.3) is 0 Å². The zero-order valence-corrected chi connectivity index (χ0v) is 11.2. The molecule has 1 unspecified atom stereocenters. The van der Waals surface area contributed by atoms with Crippen molar-refractivity contribution in [2.45, 2.75) is 32.7 Å². The van der Waals surface area contributed by atoms with Crippen molar-refractivity contribution in [3.05, 3.63) is 28.8 Å². The molecule has 94 valence electrons. The lowest BCUT2D eigenvalue weighted by Gasteiger charge is -2.17. The molecule has 1 saturated heterocycles. The van der Waals surface area contributed by atoms with E-state index in [0.29, 0.717) is 0 Å². The van der Waals surface area contributed by atoms with E-state index in [1.165, 1.54) is 37.9 Å². The molecule has 0 amide bonds. The monoisotopic (exact) mass is 252 g/mol. The van der Waals surface area contributed by atoms with E-state index in [2.05, 4.69) is 11.8 Å². The van der Waals surface area contributed by atoms with Crippen LogP contribution in [0.1, 0.15) is 31.7 Å². The van der Waals surface area contributed by atoms with E-state index in [0.717, 1.165) is 23.2 Å². The quantitative estimate of drug-likeness (QED) is 0.831. The van der Waals surface area contributed by atoms with Crippen molar-refractivity contribution in [2.75, 3.05) is 18.8 Å². The first-order valence-corrected chi connectivity index (χ1v) is 6.83. The summed E-state index contributed by atoms with van der Waals surface area (Å²) in [4.78, 5) is 2.50. The molecule has 2 rings (SSSR count). The SMILES string of the molecule is CCCC1CCN(Cc2ccc(Cl)cc2N)C1. The van der Waals surface area contributed by atoms with Gasteiger partial charge in [-0.25, -0.2) is 0 Å². The Morgan fingerprint density at radius 3 is 3.00 bits per heavy atom. The minimum atomic E-state index is 0.719. The fourth-order valence-corrected chi connectivity index (χ4v) is 2.83. The number of nitrogens with two attached hydrogens (primary N) is 1. The number of hydrogen-bond donors (Lipinski definition) is 1. The molecule has 1 aromatic carbocycles. The maximum atomic E-state index is 5.98. The van der Waals surface area contributed by atoms with Crippen molar-refractivity contribution in [1.29, 1.82) is 0 Å². The van der Waals surface area contributed by atoms with Crippen LogP contribution in [-0.2, 0) is 6.54 Å². The van der Waals surface area contributed by atoms with E-state index < -0.39 is 0 Å². The van der Waals surface area contributed by atoms with Crippen LogP contribution in [0.3, 0.4) is 0 Å². The van der Waals surface area contributed by atoms with Crippen molar-refractivity contribution in [3.63, 3.8) is 0 Å². The van der Waals surface area contributed by atoms with Gasteiger partial charge in [-0.05, 0) is 43.0 Å². The molecule has 0 saturated carbocycles. The smallest absolute Gasteiger partial charge is 0.0426 e. The van der Waals surface area contributed by atoms with Crippen molar-refractivity contribution < 1.29 is 0 Å². The predicted molar refractivity (Wildman–Crippen MR) is 74.2 cm³/mol. The van der Waals surface area contributed by atoms with E-state index in [4.69, 9.17) is 17.3 Å². The average Bonchev–Trinajstić information content (AvgIpc) is 2.71. The van der Waals surface area contributed by atoms with Gasteiger partial charge in [0, 0.05) is 23.8 Å². The van der Waals surface area contributed by atoms with Gasteiger partial charge in [-0.3, -0.25) is 4.90 Å². The number of anilines is 1. The second-order valence-electron chi connectivity index (χ2n) is 5.02. The van der Waals surface area contributed by atoms with Gasteiger partial charge < -0.3 is 5.73 Å². The summed E-state index contributed by atoms with van der Waals surface area (Å²) in [7, 11) is 0. The van der Waals surface area contributed by atoms with Crippen LogP contribution in [0.2, 0.25) is 5.02 Å². The highest BCUT2D eigenvalue weighted by Gasteiger charge is 2.21. The number of hydrogen-bond acceptors (Lipinski definition) is 2. The summed E-state index contributed by atoms with van der Waals surface area (Å²) < 4.78 is 0. The summed E-state index contributed by atoms with van der Waals surface area (Å²) in [5.74, 6) is 0.883. The maximum absolute atomic E-state index is 5.98. The molecule has 1 aliphatic heterocycles. The van der Waals surface area contributed by atoms with E-state index in [-0.39, 0.29) is 0 Å². The second kappa shape index (κ2) is 5.74. The molecular formula is C14H21ClN2. The Bertz CT molecular complexity index is 378. The molecule has 0 aliphatic carbocycles. The molecule has 1 aliphatic rings. The average molecular weight is 253 g/mol. The van der Waals surface area contributed by atoms with Crippen molar-refractivity contribution in [1.82, 2.24) is 4.90 Å². The van der Waals surface area contributed by atoms with Crippen LogP contribution in [0, 0.1) is 5.92 Å². The van der Waals surface area contributed by atoms with Crippen molar-refractivity contribution in [2.24, 2.45) is 5.92 Å². The van der Waals surface area contributed by atoms with Gasteiger partial charge in [-0.15, -0.1) is 0 Å². The van der Waals surface area contributed by atoms with Crippen LogP contribution in [-0.4, -0.2) is 18.0 Å². The van der Waals surface area contributed by atoms with Crippen molar-refractivity contribution >= 4 is 17.3 Å². The molecule has 0 spiro atoms. The minimum Gasteiger partial charge on any atom is -0.398 e. The number of nitrogen functional groups attached to an aromatic ring is 1. The highest BCUT2D eigenvalue weighted by atomic mass is 35.5. The van der Waals surface area contributed by atoms with E-state index in [1.807, 2.05) is 18.2 Å². The molecule has 0 bridgehead atoms. The van der Waals surface area contributed by atoms with Gasteiger partial charge in [0.1, 0.15) is 0 Å². The maximum Gasteiger partial charge on any atom is 0.0426 e. The predicted octanol–water partition coefficient (Wildman–Crippen LogP) is 3.54. The first-order valence-electron chi connectivity index (χ1n) is 6.45. The minimum absolute atomic E-state index is 0.719. The zero-order chi connectivity index (χ0) is 12.3. The number of rotatable bonds is 4. The Labute approximate surface area is 109 Å². The Kier molecular flexibility index (Phi) is 4.30. The molecule has 1 aromatic rings. The Morgan fingerprint density at radius 2 is 2.29 bits per heavy atom. The van der Waals surface area contributed by atoms with Crippen LogP contribution in [0.5, 0.6) is 0 Å². The molecule has 1 atom stereocenters. The highest BCUT2D eigenvalue weighted by Crippen LogP contribution is 2.25. The van der Waals surface area contributed by atoms with Crippen LogP contribution in [0.15, 0.2) is 18.2 Å². The fraction of sp³-hybridized carbons (Fsp3) is 0.571. The van der Waals surface area contributed by atoms with Crippen LogP contribution < -0.4 is 5.73 Å². The lowest BCUT2D eigenvalue weighted by atomic mass is 10.0. The summed E-state index contributed by atoms with van der Waals surface area (Å²) in [6, 6.07) is 5.81. The fourth-order valence-electron chi connectivity index (χ4n) is 2.65. The Morgan fingerprint density at radius 1 is 1.47 bits per heavy atom. The standard InChI is InChI=1S/C14H21ClN2/c1-2-3-11-6-7-17(9-11)10-12-4-5-13(15)8-14(12)16/h4-5,8,11H,2-3,6-7,9-10,16H2,1H3. The molecule has 2 nitrogen and oxygen atoms in total. The first-order chi connectivity index (χ1) is 8.19. The lowest BCUT2D eigenvalue weighted by Crippen LogP contribution is -2.20. The number of benzene rings is 1. The van der Waals surface area contributed by atoms with Gasteiger partial charge in [-0.2, -0.15) is 0 Å².